The van der Waals surface area contributed by atoms with Gasteiger partial charge >= 0.3 is 0 Å². The van der Waals surface area contributed by atoms with E-state index < -0.39 is 0 Å². The highest BCUT2D eigenvalue weighted by Gasteiger charge is 2.43. The van der Waals surface area contributed by atoms with Gasteiger partial charge in [0.15, 0.2) is 0 Å². The molecule has 1 aliphatic rings. The van der Waals surface area contributed by atoms with Crippen LogP contribution in [0.25, 0.3) is 0 Å². The third kappa shape index (κ3) is 4.23. The van der Waals surface area contributed by atoms with E-state index in [2.05, 4.69) is 19.2 Å². The number of hydrogen-bond acceptors (Lipinski definition) is 1. The Hall–Kier alpha value is -0.530. The maximum atomic E-state index is 11.6. The van der Waals surface area contributed by atoms with Crippen LogP contribution in [-0.2, 0) is 4.79 Å². The summed E-state index contributed by atoms with van der Waals surface area (Å²) in [4.78, 5) is 11.6. The molecule has 0 unspecified atom stereocenters. The van der Waals surface area contributed by atoms with Crippen LogP contribution in [0.5, 0.6) is 0 Å². The van der Waals surface area contributed by atoms with Crippen LogP contribution in [0.3, 0.4) is 0 Å². The summed E-state index contributed by atoms with van der Waals surface area (Å²) < 4.78 is 0. The SMILES string of the molecule is CC(C)CCCC1(NC(=O)C(C)C)CC1. The monoisotopic (exact) mass is 211 g/mol. The van der Waals surface area contributed by atoms with Gasteiger partial charge in [0.1, 0.15) is 0 Å². The molecule has 0 aromatic heterocycles. The summed E-state index contributed by atoms with van der Waals surface area (Å²) in [6, 6.07) is 0. The van der Waals surface area contributed by atoms with Crippen LogP contribution in [-0.4, -0.2) is 11.4 Å². The fourth-order valence-corrected chi connectivity index (χ4v) is 1.84. The molecule has 1 fully saturated rings. The summed E-state index contributed by atoms with van der Waals surface area (Å²) in [5.41, 5.74) is 0.191. The van der Waals surface area contributed by atoms with Crippen molar-refractivity contribution >= 4 is 5.91 Å². The zero-order valence-corrected chi connectivity index (χ0v) is 10.6. The molecule has 1 saturated carbocycles. The third-order valence-electron chi connectivity index (χ3n) is 3.20. The molecule has 1 N–H and O–H groups in total. The second-order valence-corrected chi connectivity index (χ2v) is 5.71. The average Bonchev–Trinajstić information content (AvgIpc) is 2.84. The lowest BCUT2D eigenvalue weighted by Gasteiger charge is -2.19. The first-order valence-corrected chi connectivity index (χ1v) is 6.27. The largest absolute Gasteiger partial charge is 0.350 e. The van der Waals surface area contributed by atoms with Gasteiger partial charge in [0.2, 0.25) is 5.91 Å². The van der Waals surface area contributed by atoms with Crippen molar-refractivity contribution in [3.05, 3.63) is 0 Å². The molecule has 15 heavy (non-hydrogen) atoms. The molecule has 2 heteroatoms. The maximum absolute atomic E-state index is 11.6. The molecule has 2 nitrogen and oxygen atoms in total. The van der Waals surface area contributed by atoms with Crippen molar-refractivity contribution in [1.82, 2.24) is 5.32 Å². The summed E-state index contributed by atoms with van der Waals surface area (Å²) >= 11 is 0. The average molecular weight is 211 g/mol. The predicted octanol–water partition coefficient (Wildman–Crippen LogP) is 3.12. The first kappa shape index (κ1) is 12.5. The normalized spacial score (nSPS) is 18.3. The van der Waals surface area contributed by atoms with Crippen LogP contribution >= 0.6 is 0 Å². The second kappa shape index (κ2) is 5.00. The smallest absolute Gasteiger partial charge is 0.222 e. The Bertz CT molecular complexity index is 217. The van der Waals surface area contributed by atoms with E-state index in [0.29, 0.717) is 0 Å². The summed E-state index contributed by atoms with van der Waals surface area (Å²) in [6.07, 6.45) is 6.06. The van der Waals surface area contributed by atoms with Crippen LogP contribution in [0, 0.1) is 11.8 Å². The van der Waals surface area contributed by atoms with Crippen molar-refractivity contribution in [3.63, 3.8) is 0 Å². The van der Waals surface area contributed by atoms with Crippen LogP contribution < -0.4 is 5.32 Å². The molecule has 0 atom stereocenters. The van der Waals surface area contributed by atoms with Crippen LogP contribution in [0.4, 0.5) is 0 Å². The fraction of sp³-hybridized carbons (Fsp3) is 0.923. The Morgan fingerprint density at radius 3 is 2.27 bits per heavy atom. The summed E-state index contributed by atoms with van der Waals surface area (Å²) in [5, 5.41) is 3.20. The second-order valence-electron chi connectivity index (χ2n) is 5.71. The number of hydrogen-bond donors (Lipinski definition) is 1. The molecular weight excluding hydrogens is 186 g/mol. The number of amides is 1. The minimum atomic E-state index is 0.118. The van der Waals surface area contributed by atoms with E-state index in [-0.39, 0.29) is 17.4 Å². The van der Waals surface area contributed by atoms with E-state index >= 15 is 0 Å². The molecule has 88 valence electrons. The Balaban J connectivity index is 2.25. The highest BCUT2D eigenvalue weighted by molar-refractivity contribution is 5.79. The molecule has 0 heterocycles. The van der Waals surface area contributed by atoms with Gasteiger partial charge in [-0.15, -0.1) is 0 Å². The molecule has 1 aliphatic carbocycles. The van der Waals surface area contributed by atoms with Crippen LogP contribution in [0.15, 0.2) is 0 Å². The Morgan fingerprint density at radius 2 is 1.87 bits per heavy atom. The lowest BCUT2D eigenvalue weighted by atomic mass is 10.0. The van der Waals surface area contributed by atoms with Gasteiger partial charge in [-0.2, -0.15) is 0 Å². The molecule has 0 bridgehead atoms. The van der Waals surface area contributed by atoms with Crippen molar-refractivity contribution in [1.29, 1.82) is 0 Å². The van der Waals surface area contributed by atoms with Gasteiger partial charge in [-0.3, -0.25) is 4.79 Å². The van der Waals surface area contributed by atoms with Crippen molar-refractivity contribution in [2.45, 2.75) is 65.3 Å². The fourth-order valence-electron chi connectivity index (χ4n) is 1.84. The van der Waals surface area contributed by atoms with Crippen molar-refractivity contribution in [2.75, 3.05) is 0 Å². The third-order valence-corrected chi connectivity index (χ3v) is 3.20. The van der Waals surface area contributed by atoms with Gasteiger partial charge in [-0.05, 0) is 25.2 Å². The standard InChI is InChI=1S/C13H25NO/c1-10(2)6-5-7-13(8-9-13)14-12(15)11(3)4/h10-11H,5-9H2,1-4H3,(H,14,15). The maximum Gasteiger partial charge on any atom is 0.222 e. The number of carbonyl (C=O) groups excluding carboxylic acids is 1. The minimum Gasteiger partial charge on any atom is -0.350 e. The highest BCUT2D eigenvalue weighted by Crippen LogP contribution is 2.40. The number of carbonyl (C=O) groups is 1. The predicted molar refractivity (Wildman–Crippen MR) is 63.6 cm³/mol. The Morgan fingerprint density at radius 1 is 1.27 bits per heavy atom. The van der Waals surface area contributed by atoms with E-state index in [1.807, 2.05) is 13.8 Å². The first-order chi connectivity index (χ1) is 6.95. The highest BCUT2D eigenvalue weighted by atomic mass is 16.2. The van der Waals surface area contributed by atoms with Crippen molar-refractivity contribution in [2.24, 2.45) is 11.8 Å². The van der Waals surface area contributed by atoms with Crippen LogP contribution in [0.1, 0.15) is 59.8 Å². The molecule has 0 aromatic carbocycles. The quantitative estimate of drug-likeness (QED) is 0.718. The zero-order chi connectivity index (χ0) is 11.5. The first-order valence-electron chi connectivity index (χ1n) is 6.27. The molecule has 0 saturated heterocycles. The van der Waals surface area contributed by atoms with E-state index in [1.54, 1.807) is 0 Å². The van der Waals surface area contributed by atoms with Crippen molar-refractivity contribution in [3.8, 4) is 0 Å². The van der Waals surface area contributed by atoms with Crippen molar-refractivity contribution < 1.29 is 4.79 Å². The molecule has 1 amide bonds. The number of rotatable bonds is 6. The Kier molecular flexibility index (Phi) is 4.18. The molecular formula is C13H25NO. The van der Waals surface area contributed by atoms with Gasteiger partial charge in [0.25, 0.3) is 0 Å². The summed E-state index contributed by atoms with van der Waals surface area (Å²) in [7, 11) is 0. The van der Waals surface area contributed by atoms with Gasteiger partial charge < -0.3 is 5.32 Å². The number of nitrogens with one attached hydrogen (secondary N) is 1. The van der Waals surface area contributed by atoms with Gasteiger partial charge in [0, 0.05) is 11.5 Å². The molecule has 0 aromatic rings. The molecule has 0 radical (unpaired) electrons. The Labute approximate surface area is 93.8 Å². The van der Waals surface area contributed by atoms with Gasteiger partial charge in [-0.25, -0.2) is 0 Å². The van der Waals surface area contributed by atoms with E-state index in [1.165, 1.54) is 32.1 Å². The molecule has 0 spiro atoms. The zero-order valence-electron chi connectivity index (χ0n) is 10.6. The van der Waals surface area contributed by atoms with Crippen LogP contribution in [0.2, 0.25) is 0 Å². The van der Waals surface area contributed by atoms with E-state index in [0.717, 1.165) is 5.92 Å². The molecule has 1 rings (SSSR count). The summed E-state index contributed by atoms with van der Waals surface area (Å²) in [5.74, 6) is 1.12. The minimum absolute atomic E-state index is 0.118. The topological polar surface area (TPSA) is 29.1 Å². The lowest BCUT2D eigenvalue weighted by molar-refractivity contribution is -0.125. The van der Waals surface area contributed by atoms with E-state index in [9.17, 15) is 4.79 Å². The van der Waals surface area contributed by atoms with Gasteiger partial charge in [0.05, 0.1) is 0 Å². The van der Waals surface area contributed by atoms with E-state index in [4.69, 9.17) is 0 Å². The molecule has 0 aliphatic heterocycles. The van der Waals surface area contributed by atoms with Gasteiger partial charge in [-0.1, -0.05) is 40.5 Å². The summed E-state index contributed by atoms with van der Waals surface area (Å²) in [6.45, 7) is 8.43. The lowest BCUT2D eigenvalue weighted by Crippen LogP contribution is -2.39.